The fourth-order valence-electron chi connectivity index (χ4n) is 2.45. The standard InChI is InChI=1S/C16H15N3O2/c17-10-12(16(20)19-5-7-21-8-6-19)9-13-11-18-15-4-2-1-3-14(13)15/h1-4,9,11,18H,5-8H2/b12-9+. The number of morpholine rings is 1. The molecular weight excluding hydrogens is 266 g/mol. The van der Waals surface area contributed by atoms with E-state index in [4.69, 9.17) is 4.74 Å². The fraction of sp³-hybridized carbons (Fsp3) is 0.250. The van der Waals surface area contributed by atoms with Crippen LogP contribution in [0.3, 0.4) is 0 Å². The van der Waals surface area contributed by atoms with Crippen LogP contribution in [0.2, 0.25) is 0 Å². The Labute approximate surface area is 122 Å². The number of nitrogens with zero attached hydrogens (tertiary/aromatic N) is 2. The molecule has 21 heavy (non-hydrogen) atoms. The van der Waals surface area contributed by atoms with E-state index in [0.717, 1.165) is 16.5 Å². The summed E-state index contributed by atoms with van der Waals surface area (Å²) in [4.78, 5) is 17.2. The van der Waals surface area contributed by atoms with Gasteiger partial charge in [0.15, 0.2) is 0 Å². The number of aromatic nitrogens is 1. The number of benzene rings is 1. The molecular formula is C16H15N3O2. The molecule has 0 atom stereocenters. The highest BCUT2D eigenvalue weighted by Crippen LogP contribution is 2.20. The molecule has 5 nitrogen and oxygen atoms in total. The number of hydrogen-bond acceptors (Lipinski definition) is 3. The van der Waals surface area contributed by atoms with Gasteiger partial charge in [0, 0.05) is 35.8 Å². The SMILES string of the molecule is N#C/C(=C\c1c[nH]c2ccccc12)C(=O)N1CCOCC1. The van der Waals surface area contributed by atoms with Gasteiger partial charge in [0.2, 0.25) is 0 Å². The summed E-state index contributed by atoms with van der Waals surface area (Å²) in [5, 5.41) is 10.3. The van der Waals surface area contributed by atoms with Crippen LogP contribution in [0.4, 0.5) is 0 Å². The highest BCUT2D eigenvalue weighted by molar-refractivity contribution is 6.04. The molecule has 1 N–H and O–H groups in total. The number of rotatable bonds is 2. The Kier molecular flexibility index (Phi) is 3.71. The number of nitrogens with one attached hydrogen (secondary N) is 1. The normalized spacial score (nSPS) is 16.0. The lowest BCUT2D eigenvalue weighted by atomic mass is 10.1. The van der Waals surface area contributed by atoms with Gasteiger partial charge in [-0.25, -0.2) is 0 Å². The van der Waals surface area contributed by atoms with Crippen molar-refractivity contribution in [1.29, 1.82) is 5.26 Å². The van der Waals surface area contributed by atoms with Crippen molar-refractivity contribution in [3.8, 4) is 6.07 Å². The summed E-state index contributed by atoms with van der Waals surface area (Å²) < 4.78 is 5.23. The van der Waals surface area contributed by atoms with Gasteiger partial charge >= 0.3 is 0 Å². The lowest BCUT2D eigenvalue weighted by Crippen LogP contribution is -2.41. The van der Waals surface area contributed by atoms with Crippen LogP contribution in [-0.2, 0) is 9.53 Å². The zero-order chi connectivity index (χ0) is 14.7. The maximum Gasteiger partial charge on any atom is 0.264 e. The second-order valence-corrected chi connectivity index (χ2v) is 4.86. The van der Waals surface area contributed by atoms with E-state index in [1.165, 1.54) is 0 Å². The molecule has 0 aliphatic carbocycles. The van der Waals surface area contributed by atoms with Gasteiger partial charge in [-0.05, 0) is 12.1 Å². The maximum absolute atomic E-state index is 12.4. The van der Waals surface area contributed by atoms with Gasteiger partial charge in [0.25, 0.3) is 5.91 Å². The van der Waals surface area contributed by atoms with Crippen molar-refractivity contribution in [2.75, 3.05) is 26.3 Å². The van der Waals surface area contributed by atoms with E-state index in [2.05, 4.69) is 4.98 Å². The molecule has 0 unspecified atom stereocenters. The van der Waals surface area contributed by atoms with E-state index in [0.29, 0.717) is 26.3 Å². The number of amides is 1. The Morgan fingerprint density at radius 3 is 2.86 bits per heavy atom. The minimum absolute atomic E-state index is 0.154. The van der Waals surface area contributed by atoms with Crippen LogP contribution in [0.1, 0.15) is 5.56 Å². The average molecular weight is 281 g/mol. The molecule has 1 aliphatic rings. The number of ether oxygens (including phenoxy) is 1. The molecule has 3 rings (SSSR count). The summed E-state index contributed by atoms with van der Waals surface area (Å²) in [6, 6.07) is 9.82. The van der Waals surface area contributed by atoms with Crippen molar-refractivity contribution in [3.63, 3.8) is 0 Å². The van der Waals surface area contributed by atoms with Gasteiger partial charge in [-0.15, -0.1) is 0 Å². The Bertz CT molecular complexity index is 733. The van der Waals surface area contributed by atoms with Gasteiger partial charge in [-0.1, -0.05) is 18.2 Å². The summed E-state index contributed by atoms with van der Waals surface area (Å²) >= 11 is 0. The van der Waals surface area contributed by atoms with Crippen LogP contribution in [-0.4, -0.2) is 42.1 Å². The van der Waals surface area contributed by atoms with E-state index in [1.54, 1.807) is 11.0 Å². The molecule has 2 aromatic rings. The van der Waals surface area contributed by atoms with Crippen LogP contribution in [0.15, 0.2) is 36.0 Å². The molecule has 106 valence electrons. The third-order valence-electron chi connectivity index (χ3n) is 3.57. The Balaban J connectivity index is 1.92. The molecule has 2 heterocycles. The molecule has 1 aromatic heterocycles. The van der Waals surface area contributed by atoms with Crippen molar-refractivity contribution in [2.24, 2.45) is 0 Å². The van der Waals surface area contributed by atoms with Crippen molar-refractivity contribution in [2.45, 2.75) is 0 Å². The molecule has 1 saturated heterocycles. The first-order valence-corrected chi connectivity index (χ1v) is 6.84. The van der Waals surface area contributed by atoms with Crippen molar-refractivity contribution in [3.05, 3.63) is 41.6 Å². The largest absolute Gasteiger partial charge is 0.378 e. The highest BCUT2D eigenvalue weighted by atomic mass is 16.5. The average Bonchev–Trinajstić information content (AvgIpc) is 2.96. The molecule has 1 aliphatic heterocycles. The lowest BCUT2D eigenvalue weighted by Gasteiger charge is -2.26. The van der Waals surface area contributed by atoms with Gasteiger partial charge < -0.3 is 14.6 Å². The van der Waals surface area contributed by atoms with E-state index in [9.17, 15) is 10.1 Å². The highest BCUT2D eigenvalue weighted by Gasteiger charge is 2.20. The van der Waals surface area contributed by atoms with E-state index < -0.39 is 0 Å². The Morgan fingerprint density at radius 2 is 2.10 bits per heavy atom. The minimum atomic E-state index is -0.230. The van der Waals surface area contributed by atoms with Gasteiger partial charge in [0.1, 0.15) is 11.6 Å². The predicted octanol–water partition coefficient (Wildman–Crippen LogP) is 1.93. The van der Waals surface area contributed by atoms with Crippen LogP contribution in [0.25, 0.3) is 17.0 Å². The first-order valence-electron chi connectivity index (χ1n) is 6.84. The summed E-state index contributed by atoms with van der Waals surface area (Å²) in [6.07, 6.45) is 3.46. The van der Waals surface area contributed by atoms with Crippen LogP contribution < -0.4 is 0 Å². The topological polar surface area (TPSA) is 69.1 Å². The first kappa shape index (κ1) is 13.4. The molecule has 5 heteroatoms. The third kappa shape index (κ3) is 2.67. The van der Waals surface area contributed by atoms with Crippen LogP contribution >= 0.6 is 0 Å². The third-order valence-corrected chi connectivity index (χ3v) is 3.57. The molecule has 0 radical (unpaired) electrons. The van der Waals surface area contributed by atoms with Gasteiger partial charge in [-0.2, -0.15) is 5.26 Å². The summed E-state index contributed by atoms with van der Waals surface area (Å²) in [5.74, 6) is -0.230. The molecule has 1 fully saturated rings. The number of hydrogen-bond donors (Lipinski definition) is 1. The quantitative estimate of drug-likeness (QED) is 0.675. The van der Waals surface area contributed by atoms with Crippen molar-refractivity contribution >= 4 is 22.9 Å². The summed E-state index contributed by atoms with van der Waals surface area (Å²) in [5.41, 5.74) is 1.99. The number of para-hydroxylation sites is 1. The van der Waals surface area contributed by atoms with E-state index in [1.807, 2.05) is 36.5 Å². The van der Waals surface area contributed by atoms with E-state index >= 15 is 0 Å². The zero-order valence-corrected chi connectivity index (χ0v) is 11.5. The monoisotopic (exact) mass is 281 g/mol. The number of carbonyl (C=O) groups excluding carboxylic acids is 1. The van der Waals surface area contributed by atoms with E-state index in [-0.39, 0.29) is 11.5 Å². The van der Waals surface area contributed by atoms with Crippen LogP contribution in [0, 0.1) is 11.3 Å². The number of aromatic amines is 1. The summed E-state index contributed by atoms with van der Waals surface area (Å²) in [6.45, 7) is 2.12. The van der Waals surface area contributed by atoms with Crippen molar-refractivity contribution < 1.29 is 9.53 Å². The van der Waals surface area contributed by atoms with Gasteiger partial charge in [-0.3, -0.25) is 4.79 Å². The molecule has 0 bridgehead atoms. The number of fused-ring (bicyclic) bond motifs is 1. The number of nitriles is 1. The Morgan fingerprint density at radius 1 is 1.33 bits per heavy atom. The fourth-order valence-corrected chi connectivity index (χ4v) is 2.45. The molecule has 0 saturated carbocycles. The lowest BCUT2D eigenvalue weighted by molar-refractivity contribution is -0.130. The predicted molar refractivity (Wildman–Crippen MR) is 79.3 cm³/mol. The Hall–Kier alpha value is -2.58. The summed E-state index contributed by atoms with van der Waals surface area (Å²) in [7, 11) is 0. The number of carbonyl (C=O) groups is 1. The van der Waals surface area contributed by atoms with Crippen LogP contribution in [0.5, 0.6) is 0 Å². The molecule has 1 amide bonds. The smallest absolute Gasteiger partial charge is 0.264 e. The number of H-pyrrole nitrogens is 1. The van der Waals surface area contributed by atoms with Crippen molar-refractivity contribution in [1.82, 2.24) is 9.88 Å². The minimum Gasteiger partial charge on any atom is -0.378 e. The second-order valence-electron chi connectivity index (χ2n) is 4.86. The van der Waals surface area contributed by atoms with Gasteiger partial charge in [0.05, 0.1) is 13.2 Å². The second kappa shape index (κ2) is 5.81. The first-order chi connectivity index (χ1) is 10.3. The molecule has 0 spiro atoms. The zero-order valence-electron chi connectivity index (χ0n) is 11.5. The maximum atomic E-state index is 12.4. The molecule has 1 aromatic carbocycles.